The molecule has 1 aromatic heterocycles. The van der Waals surface area contributed by atoms with Crippen LogP contribution in [-0.2, 0) is 6.54 Å². The molecule has 0 aliphatic heterocycles. The molecule has 0 bridgehead atoms. The fourth-order valence-corrected chi connectivity index (χ4v) is 2.18. The molecule has 1 heterocycles. The highest BCUT2D eigenvalue weighted by molar-refractivity contribution is 5.98. The first kappa shape index (κ1) is 16.4. The van der Waals surface area contributed by atoms with Crippen molar-refractivity contribution in [1.82, 2.24) is 9.88 Å². The average molecular weight is 315 g/mol. The molecule has 0 fully saturated rings. The number of benzene rings is 1. The lowest BCUT2D eigenvalue weighted by Crippen LogP contribution is -2.27. The van der Waals surface area contributed by atoms with Crippen molar-refractivity contribution >= 4 is 11.6 Å². The number of carbonyl (C=O) groups excluding carboxylic acids is 1. The fraction of sp³-hybridized carbons (Fsp3) is 0.250. The lowest BCUT2D eigenvalue weighted by Gasteiger charge is -2.08. The number of nitrogens with one attached hydrogen (secondary N) is 1. The van der Waals surface area contributed by atoms with E-state index >= 15 is 0 Å². The number of amides is 1. The SMILES string of the molecule is Cc1ccc([N+](=O)[O-])c(C(=O)NCCCn2ccccc2=O)c1. The van der Waals surface area contributed by atoms with E-state index in [2.05, 4.69) is 5.32 Å². The standard InChI is InChI=1S/C16H17N3O4/c1-12-6-7-14(19(22)23)13(11-12)16(21)17-8-4-10-18-9-3-2-5-15(18)20/h2-3,5-7,9,11H,4,8,10H2,1H3,(H,17,21). The first-order valence-corrected chi connectivity index (χ1v) is 7.18. The maximum atomic E-state index is 12.1. The molecule has 23 heavy (non-hydrogen) atoms. The van der Waals surface area contributed by atoms with Gasteiger partial charge in [-0.05, 0) is 31.0 Å². The van der Waals surface area contributed by atoms with Gasteiger partial charge in [-0.25, -0.2) is 0 Å². The molecule has 1 N–H and O–H groups in total. The zero-order valence-electron chi connectivity index (χ0n) is 12.7. The summed E-state index contributed by atoms with van der Waals surface area (Å²) in [6.45, 7) is 2.56. The minimum absolute atomic E-state index is 0.0480. The van der Waals surface area contributed by atoms with Gasteiger partial charge < -0.3 is 9.88 Å². The Kier molecular flexibility index (Phi) is 5.24. The third-order valence-electron chi connectivity index (χ3n) is 3.35. The maximum Gasteiger partial charge on any atom is 0.282 e. The zero-order valence-corrected chi connectivity index (χ0v) is 12.7. The van der Waals surface area contributed by atoms with Gasteiger partial charge in [0, 0.05) is 31.4 Å². The summed E-state index contributed by atoms with van der Waals surface area (Å²) in [6.07, 6.45) is 2.23. The van der Waals surface area contributed by atoms with Gasteiger partial charge in [0.15, 0.2) is 0 Å². The summed E-state index contributed by atoms with van der Waals surface area (Å²) < 4.78 is 1.54. The number of hydrogen-bond donors (Lipinski definition) is 1. The molecular formula is C16H17N3O4. The summed E-state index contributed by atoms with van der Waals surface area (Å²) >= 11 is 0. The Morgan fingerprint density at radius 3 is 2.78 bits per heavy atom. The summed E-state index contributed by atoms with van der Waals surface area (Å²) in [7, 11) is 0. The summed E-state index contributed by atoms with van der Waals surface area (Å²) in [6, 6.07) is 9.31. The number of nitro groups is 1. The smallest absolute Gasteiger partial charge is 0.282 e. The lowest BCUT2D eigenvalue weighted by atomic mass is 10.1. The van der Waals surface area contributed by atoms with Crippen LogP contribution in [0.2, 0.25) is 0 Å². The predicted molar refractivity (Wildman–Crippen MR) is 85.5 cm³/mol. The Morgan fingerprint density at radius 1 is 1.30 bits per heavy atom. The Morgan fingerprint density at radius 2 is 2.09 bits per heavy atom. The second-order valence-corrected chi connectivity index (χ2v) is 5.12. The molecule has 0 spiro atoms. The van der Waals surface area contributed by atoms with E-state index in [1.54, 1.807) is 35.9 Å². The van der Waals surface area contributed by atoms with Crippen LogP contribution in [0.25, 0.3) is 0 Å². The second kappa shape index (κ2) is 7.35. The van der Waals surface area contributed by atoms with Gasteiger partial charge in [-0.15, -0.1) is 0 Å². The largest absolute Gasteiger partial charge is 0.352 e. The quantitative estimate of drug-likeness (QED) is 0.500. The van der Waals surface area contributed by atoms with Crippen molar-refractivity contribution in [2.24, 2.45) is 0 Å². The van der Waals surface area contributed by atoms with Crippen molar-refractivity contribution in [2.45, 2.75) is 19.9 Å². The summed E-state index contributed by atoms with van der Waals surface area (Å²) in [4.78, 5) is 34.0. The molecule has 2 aromatic rings. The molecule has 7 heteroatoms. The van der Waals surface area contributed by atoms with E-state index in [1.165, 1.54) is 18.2 Å². The van der Waals surface area contributed by atoms with Crippen LogP contribution in [0.5, 0.6) is 0 Å². The monoisotopic (exact) mass is 315 g/mol. The third kappa shape index (κ3) is 4.26. The van der Waals surface area contributed by atoms with E-state index in [0.29, 0.717) is 19.5 Å². The van der Waals surface area contributed by atoms with Crippen LogP contribution in [0.15, 0.2) is 47.4 Å². The molecule has 0 atom stereocenters. The molecule has 0 saturated heterocycles. The van der Waals surface area contributed by atoms with Gasteiger partial charge >= 0.3 is 0 Å². The van der Waals surface area contributed by atoms with Gasteiger partial charge in [0.25, 0.3) is 11.6 Å². The molecule has 1 amide bonds. The van der Waals surface area contributed by atoms with E-state index in [4.69, 9.17) is 0 Å². The minimum Gasteiger partial charge on any atom is -0.352 e. The summed E-state index contributed by atoms with van der Waals surface area (Å²) in [5, 5.41) is 13.6. The summed E-state index contributed by atoms with van der Waals surface area (Å²) in [5.41, 5.74) is 0.504. The Hall–Kier alpha value is -2.96. The van der Waals surface area contributed by atoms with Gasteiger partial charge in [-0.2, -0.15) is 0 Å². The number of aromatic nitrogens is 1. The number of pyridine rings is 1. The summed E-state index contributed by atoms with van der Waals surface area (Å²) in [5.74, 6) is -0.485. The van der Waals surface area contributed by atoms with Crippen LogP contribution in [0.4, 0.5) is 5.69 Å². The Labute approximate surface area is 132 Å². The van der Waals surface area contributed by atoms with Crippen molar-refractivity contribution in [3.8, 4) is 0 Å². The molecule has 2 rings (SSSR count). The van der Waals surface area contributed by atoms with Crippen LogP contribution in [0, 0.1) is 17.0 Å². The van der Waals surface area contributed by atoms with E-state index in [-0.39, 0.29) is 16.8 Å². The Balaban J connectivity index is 1.95. The topological polar surface area (TPSA) is 94.2 Å². The number of aryl methyl sites for hydroxylation is 2. The molecule has 0 aliphatic carbocycles. The fourth-order valence-electron chi connectivity index (χ4n) is 2.18. The number of rotatable bonds is 6. The van der Waals surface area contributed by atoms with Crippen molar-refractivity contribution < 1.29 is 9.72 Å². The average Bonchev–Trinajstić information content (AvgIpc) is 2.52. The van der Waals surface area contributed by atoms with E-state index < -0.39 is 10.8 Å². The first-order valence-electron chi connectivity index (χ1n) is 7.18. The second-order valence-electron chi connectivity index (χ2n) is 5.12. The number of nitro benzene ring substituents is 1. The van der Waals surface area contributed by atoms with Crippen molar-refractivity contribution in [1.29, 1.82) is 0 Å². The number of hydrogen-bond acceptors (Lipinski definition) is 4. The first-order chi connectivity index (χ1) is 11.0. The van der Waals surface area contributed by atoms with Gasteiger partial charge in [0.2, 0.25) is 5.56 Å². The van der Waals surface area contributed by atoms with E-state index in [9.17, 15) is 19.7 Å². The van der Waals surface area contributed by atoms with E-state index in [0.717, 1.165) is 5.56 Å². The normalized spacial score (nSPS) is 10.3. The van der Waals surface area contributed by atoms with E-state index in [1.807, 2.05) is 0 Å². The van der Waals surface area contributed by atoms with Crippen LogP contribution >= 0.6 is 0 Å². The zero-order chi connectivity index (χ0) is 16.8. The van der Waals surface area contributed by atoms with Crippen molar-refractivity contribution in [2.75, 3.05) is 6.54 Å². The van der Waals surface area contributed by atoms with Crippen LogP contribution in [0.1, 0.15) is 22.3 Å². The van der Waals surface area contributed by atoms with Gasteiger partial charge in [0.05, 0.1) is 4.92 Å². The highest BCUT2D eigenvalue weighted by atomic mass is 16.6. The highest BCUT2D eigenvalue weighted by Crippen LogP contribution is 2.19. The minimum atomic E-state index is -0.572. The molecule has 0 radical (unpaired) electrons. The maximum absolute atomic E-state index is 12.1. The third-order valence-corrected chi connectivity index (χ3v) is 3.35. The molecule has 1 aromatic carbocycles. The van der Waals surface area contributed by atoms with Crippen molar-refractivity contribution in [3.63, 3.8) is 0 Å². The Bertz CT molecular complexity index is 783. The lowest BCUT2D eigenvalue weighted by molar-refractivity contribution is -0.385. The van der Waals surface area contributed by atoms with Gasteiger partial charge in [-0.3, -0.25) is 19.7 Å². The van der Waals surface area contributed by atoms with Crippen molar-refractivity contribution in [3.05, 3.63) is 74.2 Å². The highest BCUT2D eigenvalue weighted by Gasteiger charge is 2.19. The van der Waals surface area contributed by atoms with Crippen LogP contribution in [0.3, 0.4) is 0 Å². The molecule has 0 aliphatic rings. The number of nitrogens with zero attached hydrogens (tertiary/aromatic N) is 2. The molecular weight excluding hydrogens is 298 g/mol. The predicted octanol–water partition coefficient (Wildman–Crippen LogP) is 1.89. The molecule has 0 saturated carbocycles. The van der Waals surface area contributed by atoms with Crippen LogP contribution in [-0.4, -0.2) is 21.9 Å². The molecule has 0 unspecified atom stereocenters. The van der Waals surface area contributed by atoms with Gasteiger partial charge in [-0.1, -0.05) is 12.1 Å². The van der Waals surface area contributed by atoms with Crippen LogP contribution < -0.4 is 10.9 Å². The molecule has 120 valence electrons. The number of carbonyl (C=O) groups is 1. The van der Waals surface area contributed by atoms with Gasteiger partial charge in [0.1, 0.15) is 5.56 Å². The molecule has 7 nitrogen and oxygen atoms in total.